The maximum absolute atomic E-state index is 15.0. The Labute approximate surface area is 363 Å². The van der Waals surface area contributed by atoms with Gasteiger partial charge in [-0.3, -0.25) is 14.4 Å². The number of hydrogen-bond acceptors (Lipinski definition) is 12. The molecular formula is C45H66FN7O9. The van der Waals surface area contributed by atoms with Gasteiger partial charge in [0.1, 0.15) is 30.1 Å². The molecule has 0 unspecified atom stereocenters. The van der Waals surface area contributed by atoms with Crippen molar-refractivity contribution in [2.24, 2.45) is 17.2 Å². The van der Waals surface area contributed by atoms with Gasteiger partial charge in [-0.05, 0) is 109 Å². The van der Waals surface area contributed by atoms with Crippen LogP contribution in [0.1, 0.15) is 90.3 Å². The molecule has 0 saturated carbocycles. The molecule has 1 aliphatic heterocycles. The van der Waals surface area contributed by atoms with Crippen LogP contribution in [0.3, 0.4) is 0 Å². The van der Waals surface area contributed by atoms with Crippen LogP contribution in [0, 0.1) is 5.82 Å². The quantitative estimate of drug-likeness (QED) is 0.0631. The molecule has 0 spiro atoms. The number of carbonyl (C=O) groups is 5. The number of amides is 3. The fourth-order valence-corrected chi connectivity index (χ4v) is 7.56. The van der Waals surface area contributed by atoms with E-state index in [0.29, 0.717) is 24.0 Å². The predicted molar refractivity (Wildman–Crippen MR) is 232 cm³/mol. The zero-order valence-electron chi connectivity index (χ0n) is 36.9. The van der Waals surface area contributed by atoms with Gasteiger partial charge in [0, 0.05) is 43.2 Å². The Hall–Kier alpha value is -4.94. The molecule has 16 nitrogen and oxygen atoms in total. The lowest BCUT2D eigenvalue weighted by molar-refractivity contribution is -0.164. The van der Waals surface area contributed by atoms with Crippen LogP contribution in [0.2, 0.25) is 0 Å². The van der Waals surface area contributed by atoms with Gasteiger partial charge < -0.3 is 56.6 Å². The SMILES string of the molecule is CC(C)OC(=O)[C@@H](NC(=O)[C@@H]1[C@@H](OCC(=O)OC(C)(C)C)CCN1C(=O)[C@H](Cc1cn(CCCCCCN)c2ccc(F)cc12)NC(=O)[C@@H](N)Cc1cccc(CN)c1)[C@@H](C)O. The highest BCUT2D eigenvalue weighted by molar-refractivity contribution is 5.96. The van der Waals surface area contributed by atoms with E-state index >= 15 is 4.79 Å². The Morgan fingerprint density at radius 3 is 2.32 bits per heavy atom. The van der Waals surface area contributed by atoms with Crippen molar-refractivity contribution in [2.45, 2.75) is 148 Å². The Kier molecular flexibility index (Phi) is 18.4. The molecule has 1 fully saturated rings. The number of aliphatic hydroxyl groups is 1. The number of fused-ring (bicyclic) bond motifs is 1. The number of unbranched alkanes of at least 4 members (excludes halogenated alkanes) is 3. The Morgan fingerprint density at radius 2 is 1.66 bits per heavy atom. The summed E-state index contributed by atoms with van der Waals surface area (Å²) < 4.78 is 33.5. The molecule has 1 aromatic heterocycles. The van der Waals surface area contributed by atoms with E-state index in [1.54, 1.807) is 40.7 Å². The van der Waals surface area contributed by atoms with Crippen LogP contribution in [-0.4, -0.2) is 112 Å². The predicted octanol–water partition coefficient (Wildman–Crippen LogP) is 2.50. The maximum atomic E-state index is 15.0. The summed E-state index contributed by atoms with van der Waals surface area (Å²) in [5, 5.41) is 16.5. The zero-order chi connectivity index (χ0) is 45.7. The molecule has 9 N–H and O–H groups in total. The van der Waals surface area contributed by atoms with Gasteiger partial charge in [0.15, 0.2) is 6.04 Å². The minimum atomic E-state index is -1.52. The van der Waals surface area contributed by atoms with Crippen LogP contribution in [0.4, 0.5) is 4.39 Å². The van der Waals surface area contributed by atoms with Crippen molar-refractivity contribution in [3.63, 3.8) is 0 Å². The molecule has 62 heavy (non-hydrogen) atoms. The summed E-state index contributed by atoms with van der Waals surface area (Å²) in [4.78, 5) is 70.3. The topological polar surface area (TPSA) is 244 Å². The summed E-state index contributed by atoms with van der Waals surface area (Å²) in [5.74, 6) is -4.31. The van der Waals surface area contributed by atoms with E-state index in [0.717, 1.165) is 42.3 Å². The number of nitrogens with two attached hydrogens (primary N) is 3. The highest BCUT2D eigenvalue weighted by Gasteiger charge is 2.46. The summed E-state index contributed by atoms with van der Waals surface area (Å²) in [5.41, 5.74) is 20.1. The number of carbonyl (C=O) groups excluding carboxylic acids is 5. The number of likely N-dealkylation sites (tertiary alicyclic amines) is 1. The normalized spacial score (nSPS) is 17.4. The first kappa shape index (κ1) is 49.7. The highest BCUT2D eigenvalue weighted by Crippen LogP contribution is 2.28. The van der Waals surface area contributed by atoms with Crippen molar-refractivity contribution in [1.29, 1.82) is 0 Å². The second kappa shape index (κ2) is 22.9. The van der Waals surface area contributed by atoms with E-state index in [4.69, 9.17) is 31.4 Å². The molecular weight excluding hydrogens is 802 g/mol. The van der Waals surface area contributed by atoms with Crippen molar-refractivity contribution in [1.82, 2.24) is 20.1 Å². The van der Waals surface area contributed by atoms with Crippen molar-refractivity contribution >= 4 is 40.6 Å². The van der Waals surface area contributed by atoms with Crippen molar-refractivity contribution in [2.75, 3.05) is 19.7 Å². The third-order valence-electron chi connectivity index (χ3n) is 10.5. The molecule has 4 rings (SSSR count). The molecule has 6 atom stereocenters. The molecule has 1 aliphatic rings. The summed E-state index contributed by atoms with van der Waals surface area (Å²) in [6.45, 7) is 10.5. The Balaban J connectivity index is 1.73. The molecule has 0 bridgehead atoms. The number of halogens is 1. The summed E-state index contributed by atoms with van der Waals surface area (Å²) in [6, 6.07) is 6.34. The largest absolute Gasteiger partial charge is 0.461 e. The van der Waals surface area contributed by atoms with Gasteiger partial charge in [0.25, 0.3) is 0 Å². The first-order valence-electron chi connectivity index (χ1n) is 21.5. The molecule has 2 heterocycles. The fourth-order valence-electron chi connectivity index (χ4n) is 7.56. The van der Waals surface area contributed by atoms with Crippen LogP contribution in [0.15, 0.2) is 48.7 Å². The van der Waals surface area contributed by atoms with Gasteiger partial charge in [-0.2, -0.15) is 0 Å². The van der Waals surface area contributed by atoms with Gasteiger partial charge in [-0.1, -0.05) is 37.1 Å². The third-order valence-corrected chi connectivity index (χ3v) is 10.5. The van der Waals surface area contributed by atoms with Gasteiger partial charge >= 0.3 is 11.9 Å². The number of ether oxygens (including phenoxy) is 3. The number of benzene rings is 2. The van der Waals surface area contributed by atoms with Crippen molar-refractivity contribution in [3.05, 3.63) is 71.2 Å². The smallest absolute Gasteiger partial charge is 0.332 e. The molecule has 17 heteroatoms. The second-order valence-corrected chi connectivity index (χ2v) is 17.2. The minimum absolute atomic E-state index is 0.0603. The average molecular weight is 868 g/mol. The summed E-state index contributed by atoms with van der Waals surface area (Å²) in [6.07, 6.45) is 2.50. The van der Waals surface area contributed by atoms with E-state index in [-0.39, 0.29) is 32.4 Å². The number of esters is 2. The van der Waals surface area contributed by atoms with Crippen molar-refractivity contribution in [3.8, 4) is 0 Å². The van der Waals surface area contributed by atoms with Gasteiger partial charge in [0.2, 0.25) is 17.7 Å². The van der Waals surface area contributed by atoms with Crippen LogP contribution in [-0.2, 0) is 64.1 Å². The average Bonchev–Trinajstić information content (AvgIpc) is 3.78. The van der Waals surface area contributed by atoms with Crippen LogP contribution in [0.25, 0.3) is 10.9 Å². The molecule has 0 radical (unpaired) electrons. The first-order valence-corrected chi connectivity index (χ1v) is 21.5. The standard InChI is InChI=1S/C45H66FN7O9/c1-27(2)61-44(59)39(28(3)54)51-42(57)40-37(60-26-38(55)62-45(4,5)6)16-19-53(40)43(58)35(50-41(56)34(49)21-29-12-11-13-30(20-29)24-48)22-31-25-52(18-10-8-7-9-17-47)36-15-14-32(46)23-33(31)36/h11-15,20,23,25,27-28,34-35,37,39-40,54H,7-10,16-19,21-22,24,26,47-49H2,1-6H3,(H,50,56)(H,51,57)/t28-,34+,35+,37+,39+,40+/m1/s1. The van der Waals surface area contributed by atoms with E-state index in [1.165, 1.54) is 24.0 Å². The number of rotatable bonds is 22. The number of nitrogens with zero attached hydrogens (tertiary/aromatic N) is 2. The lowest BCUT2D eigenvalue weighted by Crippen LogP contribution is -2.60. The van der Waals surface area contributed by atoms with Gasteiger partial charge in [-0.25, -0.2) is 14.0 Å². The molecule has 2 aromatic carbocycles. The zero-order valence-corrected chi connectivity index (χ0v) is 36.9. The van der Waals surface area contributed by atoms with E-state index in [9.17, 15) is 28.7 Å². The monoisotopic (exact) mass is 867 g/mol. The summed E-state index contributed by atoms with van der Waals surface area (Å²) >= 11 is 0. The first-order chi connectivity index (χ1) is 29.3. The van der Waals surface area contributed by atoms with Crippen molar-refractivity contribution < 1.29 is 47.7 Å². The lowest BCUT2D eigenvalue weighted by atomic mass is 10.0. The number of aryl methyl sites for hydroxylation is 1. The number of hydrogen-bond donors (Lipinski definition) is 6. The molecule has 0 aliphatic carbocycles. The summed E-state index contributed by atoms with van der Waals surface area (Å²) in [7, 11) is 0. The van der Waals surface area contributed by atoms with Gasteiger partial charge in [0.05, 0.1) is 24.4 Å². The Bertz CT molecular complexity index is 2000. The molecule has 3 aromatic rings. The number of aromatic nitrogens is 1. The highest BCUT2D eigenvalue weighted by atomic mass is 19.1. The van der Waals surface area contributed by atoms with Crippen LogP contribution >= 0.6 is 0 Å². The van der Waals surface area contributed by atoms with Gasteiger partial charge in [-0.15, -0.1) is 0 Å². The lowest BCUT2D eigenvalue weighted by Gasteiger charge is -2.32. The Morgan fingerprint density at radius 1 is 0.952 bits per heavy atom. The molecule has 3 amide bonds. The minimum Gasteiger partial charge on any atom is -0.461 e. The fraction of sp³-hybridized carbons (Fsp3) is 0.578. The van der Waals surface area contributed by atoms with Crippen LogP contribution in [0.5, 0.6) is 0 Å². The number of nitrogens with one attached hydrogen (secondary N) is 2. The number of aliphatic hydroxyl groups excluding tert-OH is 1. The van der Waals surface area contributed by atoms with E-state index in [1.807, 2.05) is 35.0 Å². The maximum Gasteiger partial charge on any atom is 0.332 e. The third kappa shape index (κ3) is 14.3. The molecule has 1 saturated heterocycles. The van der Waals surface area contributed by atoms with E-state index < -0.39 is 90.2 Å². The van der Waals surface area contributed by atoms with E-state index in [2.05, 4.69) is 10.6 Å². The second-order valence-electron chi connectivity index (χ2n) is 17.2. The molecule has 342 valence electrons. The van der Waals surface area contributed by atoms with Crippen LogP contribution < -0.4 is 27.8 Å².